The van der Waals surface area contributed by atoms with E-state index in [-0.39, 0.29) is 5.91 Å². The zero-order valence-corrected chi connectivity index (χ0v) is 11.4. The number of hydrogen-bond acceptors (Lipinski definition) is 4. The molecule has 20 heavy (non-hydrogen) atoms. The van der Waals surface area contributed by atoms with Crippen molar-refractivity contribution in [3.05, 3.63) is 42.1 Å². The van der Waals surface area contributed by atoms with Crippen LogP contribution < -0.4 is 4.90 Å². The highest BCUT2D eigenvalue weighted by Crippen LogP contribution is 2.14. The van der Waals surface area contributed by atoms with Crippen LogP contribution in [0.15, 0.2) is 30.7 Å². The van der Waals surface area contributed by atoms with Crippen LogP contribution in [-0.4, -0.2) is 51.9 Å². The maximum Gasteiger partial charge on any atom is 0.274 e. The van der Waals surface area contributed by atoms with Crippen LogP contribution in [0.25, 0.3) is 0 Å². The molecule has 1 fully saturated rings. The van der Waals surface area contributed by atoms with E-state index < -0.39 is 0 Å². The molecule has 0 unspecified atom stereocenters. The predicted octanol–water partition coefficient (Wildman–Crippen LogP) is 1.08. The first-order valence-electron chi connectivity index (χ1n) is 6.71. The van der Waals surface area contributed by atoms with Crippen LogP contribution >= 0.6 is 0 Å². The Hall–Kier alpha value is -2.37. The second kappa shape index (κ2) is 5.32. The van der Waals surface area contributed by atoms with Gasteiger partial charge in [0.25, 0.3) is 5.91 Å². The number of piperazine rings is 1. The van der Waals surface area contributed by atoms with Gasteiger partial charge in [-0.1, -0.05) is 6.07 Å². The molecule has 0 saturated carbocycles. The van der Waals surface area contributed by atoms with Crippen LogP contribution in [0, 0.1) is 6.92 Å². The molecule has 0 radical (unpaired) electrons. The van der Waals surface area contributed by atoms with Crippen LogP contribution in [0.5, 0.6) is 0 Å². The monoisotopic (exact) mass is 271 g/mol. The molecule has 1 N–H and O–H groups in total. The maximum atomic E-state index is 12.3. The molecule has 104 valence electrons. The molecule has 0 atom stereocenters. The number of nitrogens with one attached hydrogen (secondary N) is 1. The van der Waals surface area contributed by atoms with E-state index in [0.29, 0.717) is 18.8 Å². The van der Waals surface area contributed by atoms with E-state index in [1.54, 1.807) is 12.5 Å². The summed E-state index contributed by atoms with van der Waals surface area (Å²) in [6, 6.07) is 5.88. The predicted molar refractivity (Wildman–Crippen MR) is 75.7 cm³/mol. The summed E-state index contributed by atoms with van der Waals surface area (Å²) in [6.45, 7) is 4.85. The lowest BCUT2D eigenvalue weighted by Gasteiger charge is -2.35. The number of carbonyl (C=O) groups excluding carboxylic acids is 1. The van der Waals surface area contributed by atoms with Crippen LogP contribution in [-0.2, 0) is 0 Å². The van der Waals surface area contributed by atoms with Gasteiger partial charge in [0, 0.05) is 38.1 Å². The molecule has 1 saturated heterocycles. The Morgan fingerprint density at radius 3 is 2.60 bits per heavy atom. The zero-order valence-electron chi connectivity index (χ0n) is 11.4. The molecule has 0 aromatic carbocycles. The van der Waals surface area contributed by atoms with Gasteiger partial charge in [0.05, 0.1) is 6.33 Å². The molecule has 6 nitrogen and oxygen atoms in total. The summed E-state index contributed by atoms with van der Waals surface area (Å²) >= 11 is 0. The van der Waals surface area contributed by atoms with E-state index >= 15 is 0 Å². The molecule has 1 aliphatic heterocycles. The number of rotatable bonds is 2. The van der Waals surface area contributed by atoms with Crippen LogP contribution in [0.1, 0.15) is 16.2 Å². The summed E-state index contributed by atoms with van der Waals surface area (Å²) in [6.07, 6.45) is 3.35. The minimum Gasteiger partial charge on any atom is -0.353 e. The van der Waals surface area contributed by atoms with Gasteiger partial charge in [-0.05, 0) is 19.1 Å². The Labute approximate surface area is 117 Å². The van der Waals surface area contributed by atoms with Gasteiger partial charge < -0.3 is 14.8 Å². The summed E-state index contributed by atoms with van der Waals surface area (Å²) in [5, 5.41) is 0. The number of imidazole rings is 1. The minimum atomic E-state index is 0.00409. The highest BCUT2D eigenvalue weighted by Gasteiger charge is 2.24. The molecular weight excluding hydrogens is 254 g/mol. The Morgan fingerprint density at radius 1 is 1.20 bits per heavy atom. The van der Waals surface area contributed by atoms with Gasteiger partial charge in [0.15, 0.2) is 0 Å². The van der Waals surface area contributed by atoms with E-state index in [4.69, 9.17) is 0 Å². The van der Waals surface area contributed by atoms with Crippen molar-refractivity contribution in [1.29, 1.82) is 0 Å². The van der Waals surface area contributed by atoms with E-state index in [2.05, 4.69) is 19.9 Å². The number of nitrogens with zero attached hydrogens (tertiary/aromatic N) is 4. The molecule has 1 amide bonds. The second-order valence-corrected chi connectivity index (χ2v) is 4.84. The zero-order chi connectivity index (χ0) is 13.9. The van der Waals surface area contributed by atoms with Gasteiger partial charge in [-0.25, -0.2) is 9.97 Å². The normalized spacial score (nSPS) is 15.4. The van der Waals surface area contributed by atoms with E-state index in [1.165, 1.54) is 0 Å². The third kappa shape index (κ3) is 2.36. The number of aryl methyl sites for hydroxylation is 1. The van der Waals surface area contributed by atoms with E-state index in [0.717, 1.165) is 24.6 Å². The fraction of sp³-hybridized carbons (Fsp3) is 0.357. The smallest absolute Gasteiger partial charge is 0.274 e. The van der Waals surface area contributed by atoms with Crippen molar-refractivity contribution < 1.29 is 4.79 Å². The topological polar surface area (TPSA) is 65.1 Å². The summed E-state index contributed by atoms with van der Waals surface area (Å²) < 4.78 is 0. The average Bonchev–Trinajstić information content (AvgIpc) is 2.94. The molecule has 0 aliphatic carbocycles. The van der Waals surface area contributed by atoms with Gasteiger partial charge in [-0.3, -0.25) is 4.79 Å². The molecule has 2 aromatic heterocycles. The highest BCUT2D eigenvalue weighted by molar-refractivity contribution is 5.93. The molecule has 0 spiro atoms. The van der Waals surface area contributed by atoms with Crippen LogP contribution in [0.3, 0.4) is 0 Å². The number of aromatic amines is 1. The van der Waals surface area contributed by atoms with Crippen LogP contribution in [0.4, 0.5) is 5.82 Å². The van der Waals surface area contributed by atoms with Gasteiger partial charge in [0.2, 0.25) is 0 Å². The molecule has 3 heterocycles. The number of anilines is 1. The molecule has 3 rings (SSSR count). The van der Waals surface area contributed by atoms with Crippen molar-refractivity contribution in [1.82, 2.24) is 19.9 Å². The minimum absolute atomic E-state index is 0.00409. The summed E-state index contributed by atoms with van der Waals surface area (Å²) in [4.78, 5) is 27.8. The Balaban J connectivity index is 1.64. The molecule has 6 heteroatoms. The van der Waals surface area contributed by atoms with Crippen molar-refractivity contribution in [3.8, 4) is 0 Å². The lowest BCUT2D eigenvalue weighted by molar-refractivity contribution is 0.0740. The van der Waals surface area contributed by atoms with E-state index in [9.17, 15) is 4.79 Å². The van der Waals surface area contributed by atoms with Crippen molar-refractivity contribution in [2.24, 2.45) is 0 Å². The number of aromatic nitrogens is 3. The van der Waals surface area contributed by atoms with E-state index in [1.807, 2.05) is 30.0 Å². The lowest BCUT2D eigenvalue weighted by Crippen LogP contribution is -2.49. The average molecular weight is 271 g/mol. The third-order valence-electron chi connectivity index (χ3n) is 3.57. The molecule has 1 aliphatic rings. The SMILES string of the molecule is Cc1[nH]cnc1C(=O)N1CCN(c2ccccn2)CC1. The van der Waals surface area contributed by atoms with Gasteiger partial charge in [-0.2, -0.15) is 0 Å². The number of amides is 1. The molecule has 0 bridgehead atoms. The van der Waals surface area contributed by atoms with Crippen molar-refractivity contribution in [2.75, 3.05) is 31.1 Å². The number of hydrogen-bond donors (Lipinski definition) is 1. The first kappa shape index (κ1) is 12.7. The van der Waals surface area contributed by atoms with Gasteiger partial charge in [0.1, 0.15) is 11.5 Å². The Morgan fingerprint density at radius 2 is 2.00 bits per heavy atom. The quantitative estimate of drug-likeness (QED) is 0.887. The maximum absolute atomic E-state index is 12.3. The lowest BCUT2D eigenvalue weighted by atomic mass is 10.2. The van der Waals surface area contributed by atoms with Crippen molar-refractivity contribution in [3.63, 3.8) is 0 Å². The molecule has 2 aromatic rings. The number of H-pyrrole nitrogens is 1. The summed E-state index contributed by atoms with van der Waals surface area (Å²) in [7, 11) is 0. The molecular formula is C14H17N5O. The fourth-order valence-corrected chi connectivity index (χ4v) is 2.40. The van der Waals surface area contributed by atoms with Gasteiger partial charge >= 0.3 is 0 Å². The summed E-state index contributed by atoms with van der Waals surface area (Å²) in [5.74, 6) is 0.972. The first-order chi connectivity index (χ1) is 9.75. The fourth-order valence-electron chi connectivity index (χ4n) is 2.40. The van der Waals surface area contributed by atoms with Crippen molar-refractivity contribution >= 4 is 11.7 Å². The van der Waals surface area contributed by atoms with Crippen LogP contribution in [0.2, 0.25) is 0 Å². The number of pyridine rings is 1. The Bertz CT molecular complexity index is 587. The Kier molecular flexibility index (Phi) is 3.37. The summed E-state index contributed by atoms with van der Waals surface area (Å²) in [5.41, 5.74) is 1.35. The largest absolute Gasteiger partial charge is 0.353 e. The van der Waals surface area contributed by atoms with Crippen molar-refractivity contribution in [2.45, 2.75) is 6.92 Å². The number of carbonyl (C=O) groups is 1. The van der Waals surface area contributed by atoms with Gasteiger partial charge in [-0.15, -0.1) is 0 Å². The second-order valence-electron chi connectivity index (χ2n) is 4.84. The highest BCUT2D eigenvalue weighted by atomic mass is 16.2. The third-order valence-corrected chi connectivity index (χ3v) is 3.57. The first-order valence-corrected chi connectivity index (χ1v) is 6.71. The standard InChI is InChI=1S/C14H17N5O/c1-11-13(17-10-16-11)14(20)19-8-6-18(7-9-19)12-4-2-3-5-15-12/h2-5,10H,6-9H2,1H3,(H,16,17).